The standard InChI is InChI=1S/C19H24N6O3/c1-14-4-3-5-15(10-14)28-12-17(26)20-6-8-25-19-16(11-24-25)18(22-13-23-19)21-7-9-27-2/h3-5,10-11,13H,6-9,12H2,1-2H3,(H,20,26)(H,21,22,23). The van der Waals surface area contributed by atoms with E-state index in [0.717, 1.165) is 10.9 Å². The second-order valence-corrected chi connectivity index (χ2v) is 6.20. The van der Waals surface area contributed by atoms with Gasteiger partial charge in [0.25, 0.3) is 5.91 Å². The maximum Gasteiger partial charge on any atom is 0.258 e. The highest BCUT2D eigenvalue weighted by Crippen LogP contribution is 2.18. The molecule has 2 N–H and O–H groups in total. The first-order valence-corrected chi connectivity index (χ1v) is 9.03. The number of hydrogen-bond acceptors (Lipinski definition) is 7. The third kappa shape index (κ3) is 5.17. The number of rotatable bonds is 10. The van der Waals surface area contributed by atoms with Crippen LogP contribution in [0.2, 0.25) is 0 Å². The average Bonchev–Trinajstić information content (AvgIpc) is 3.11. The Kier molecular flexibility index (Phi) is 6.74. The molecule has 3 rings (SSSR count). The molecule has 0 saturated carbocycles. The van der Waals surface area contributed by atoms with E-state index in [9.17, 15) is 4.79 Å². The van der Waals surface area contributed by atoms with Gasteiger partial charge < -0.3 is 20.1 Å². The van der Waals surface area contributed by atoms with Gasteiger partial charge in [0.2, 0.25) is 0 Å². The van der Waals surface area contributed by atoms with Gasteiger partial charge in [-0.15, -0.1) is 0 Å². The monoisotopic (exact) mass is 384 g/mol. The van der Waals surface area contributed by atoms with Gasteiger partial charge in [-0.3, -0.25) is 4.79 Å². The molecule has 0 atom stereocenters. The molecule has 0 radical (unpaired) electrons. The van der Waals surface area contributed by atoms with Crippen molar-refractivity contribution in [2.45, 2.75) is 13.5 Å². The number of anilines is 1. The van der Waals surface area contributed by atoms with Crippen LogP contribution in [0.15, 0.2) is 36.8 Å². The number of benzene rings is 1. The highest BCUT2D eigenvalue weighted by Gasteiger charge is 2.10. The Morgan fingerprint density at radius 3 is 2.96 bits per heavy atom. The molecular formula is C19H24N6O3. The number of fused-ring (bicyclic) bond motifs is 1. The van der Waals surface area contributed by atoms with E-state index in [-0.39, 0.29) is 12.5 Å². The number of aromatic nitrogens is 4. The van der Waals surface area contributed by atoms with E-state index in [0.29, 0.717) is 43.5 Å². The van der Waals surface area contributed by atoms with E-state index in [4.69, 9.17) is 9.47 Å². The summed E-state index contributed by atoms with van der Waals surface area (Å²) in [4.78, 5) is 20.5. The molecular weight excluding hydrogens is 360 g/mol. The van der Waals surface area contributed by atoms with Gasteiger partial charge in [-0.1, -0.05) is 12.1 Å². The van der Waals surface area contributed by atoms with Crippen LogP contribution in [0.3, 0.4) is 0 Å². The van der Waals surface area contributed by atoms with Gasteiger partial charge in [-0.25, -0.2) is 14.6 Å². The smallest absolute Gasteiger partial charge is 0.258 e. The summed E-state index contributed by atoms with van der Waals surface area (Å²) in [6.45, 7) is 4.08. The molecule has 0 saturated heterocycles. The van der Waals surface area contributed by atoms with E-state index in [1.54, 1.807) is 18.0 Å². The van der Waals surface area contributed by atoms with Crippen LogP contribution in [-0.4, -0.2) is 59.1 Å². The van der Waals surface area contributed by atoms with Crippen LogP contribution < -0.4 is 15.4 Å². The topological polar surface area (TPSA) is 103 Å². The predicted molar refractivity (Wildman–Crippen MR) is 105 cm³/mol. The van der Waals surface area contributed by atoms with Gasteiger partial charge in [0, 0.05) is 20.2 Å². The van der Waals surface area contributed by atoms with Crippen LogP contribution >= 0.6 is 0 Å². The maximum atomic E-state index is 12.0. The van der Waals surface area contributed by atoms with Crippen molar-refractivity contribution in [1.29, 1.82) is 0 Å². The number of amides is 1. The van der Waals surface area contributed by atoms with Gasteiger partial charge in [0.1, 0.15) is 17.9 Å². The molecule has 2 aromatic heterocycles. The zero-order chi connectivity index (χ0) is 19.8. The molecule has 9 heteroatoms. The molecule has 0 aliphatic rings. The summed E-state index contributed by atoms with van der Waals surface area (Å²) >= 11 is 0. The highest BCUT2D eigenvalue weighted by atomic mass is 16.5. The lowest BCUT2D eigenvalue weighted by Crippen LogP contribution is -2.31. The molecule has 0 fully saturated rings. The lowest BCUT2D eigenvalue weighted by molar-refractivity contribution is -0.123. The number of nitrogens with one attached hydrogen (secondary N) is 2. The lowest BCUT2D eigenvalue weighted by Gasteiger charge is -2.09. The molecule has 0 aliphatic heterocycles. The van der Waals surface area contributed by atoms with Gasteiger partial charge >= 0.3 is 0 Å². The average molecular weight is 384 g/mol. The van der Waals surface area contributed by atoms with Crippen LogP contribution in [-0.2, 0) is 16.1 Å². The Balaban J connectivity index is 1.49. The summed E-state index contributed by atoms with van der Waals surface area (Å²) in [7, 11) is 1.65. The molecule has 0 aliphatic carbocycles. The zero-order valence-corrected chi connectivity index (χ0v) is 16.0. The Labute approximate surface area is 163 Å². The van der Waals surface area contributed by atoms with E-state index in [1.165, 1.54) is 6.33 Å². The minimum absolute atomic E-state index is 0.0287. The van der Waals surface area contributed by atoms with Crippen molar-refractivity contribution in [3.05, 3.63) is 42.4 Å². The maximum absolute atomic E-state index is 12.0. The van der Waals surface area contributed by atoms with Crippen molar-refractivity contribution >= 4 is 22.8 Å². The number of hydrogen-bond donors (Lipinski definition) is 2. The number of carbonyl (C=O) groups is 1. The fourth-order valence-corrected chi connectivity index (χ4v) is 2.68. The van der Waals surface area contributed by atoms with Gasteiger partial charge in [-0.05, 0) is 24.6 Å². The first-order chi connectivity index (χ1) is 13.7. The molecule has 0 spiro atoms. The first kappa shape index (κ1) is 19.6. The molecule has 2 heterocycles. The summed E-state index contributed by atoms with van der Waals surface area (Å²) in [5.74, 6) is 1.21. The van der Waals surface area contributed by atoms with Crippen LogP contribution in [0.1, 0.15) is 5.56 Å². The van der Waals surface area contributed by atoms with Crippen molar-refractivity contribution in [2.75, 3.05) is 38.7 Å². The highest BCUT2D eigenvalue weighted by molar-refractivity contribution is 5.86. The molecule has 1 aromatic carbocycles. The molecule has 3 aromatic rings. The Bertz CT molecular complexity index is 927. The first-order valence-electron chi connectivity index (χ1n) is 9.03. The number of aryl methyl sites for hydroxylation is 1. The minimum atomic E-state index is -0.186. The fraction of sp³-hybridized carbons (Fsp3) is 0.368. The SMILES string of the molecule is COCCNc1ncnc2c1cnn2CCNC(=O)COc1cccc(C)c1. The fourth-order valence-electron chi connectivity index (χ4n) is 2.68. The van der Waals surface area contributed by atoms with E-state index < -0.39 is 0 Å². The summed E-state index contributed by atoms with van der Waals surface area (Å²) in [5.41, 5.74) is 1.79. The molecule has 28 heavy (non-hydrogen) atoms. The Morgan fingerprint density at radius 1 is 1.25 bits per heavy atom. The second-order valence-electron chi connectivity index (χ2n) is 6.20. The largest absolute Gasteiger partial charge is 0.484 e. The van der Waals surface area contributed by atoms with Crippen LogP contribution in [0, 0.1) is 6.92 Å². The van der Waals surface area contributed by atoms with Crippen molar-refractivity contribution in [3.8, 4) is 5.75 Å². The van der Waals surface area contributed by atoms with Crippen molar-refractivity contribution in [3.63, 3.8) is 0 Å². The zero-order valence-electron chi connectivity index (χ0n) is 16.0. The minimum Gasteiger partial charge on any atom is -0.484 e. The summed E-state index contributed by atoms with van der Waals surface area (Å²) in [6, 6.07) is 7.59. The van der Waals surface area contributed by atoms with E-state index in [1.807, 2.05) is 31.2 Å². The third-order valence-corrected chi connectivity index (χ3v) is 4.04. The van der Waals surface area contributed by atoms with Crippen molar-refractivity contribution in [2.24, 2.45) is 0 Å². The Morgan fingerprint density at radius 2 is 2.14 bits per heavy atom. The molecule has 9 nitrogen and oxygen atoms in total. The van der Waals surface area contributed by atoms with Crippen molar-refractivity contribution in [1.82, 2.24) is 25.1 Å². The lowest BCUT2D eigenvalue weighted by atomic mass is 10.2. The Hall–Kier alpha value is -3.20. The van der Waals surface area contributed by atoms with Crippen LogP contribution in [0.25, 0.3) is 11.0 Å². The number of ether oxygens (including phenoxy) is 2. The van der Waals surface area contributed by atoms with Gasteiger partial charge in [0.15, 0.2) is 12.3 Å². The van der Waals surface area contributed by atoms with E-state index in [2.05, 4.69) is 25.7 Å². The molecule has 148 valence electrons. The third-order valence-electron chi connectivity index (χ3n) is 4.04. The quantitative estimate of drug-likeness (QED) is 0.509. The van der Waals surface area contributed by atoms with Crippen LogP contribution in [0.5, 0.6) is 5.75 Å². The van der Waals surface area contributed by atoms with Crippen LogP contribution in [0.4, 0.5) is 5.82 Å². The van der Waals surface area contributed by atoms with Crippen molar-refractivity contribution < 1.29 is 14.3 Å². The number of nitrogens with zero attached hydrogens (tertiary/aromatic N) is 4. The van der Waals surface area contributed by atoms with E-state index >= 15 is 0 Å². The summed E-state index contributed by atoms with van der Waals surface area (Å²) < 4.78 is 12.3. The van der Waals surface area contributed by atoms with Gasteiger partial charge in [0.05, 0.1) is 24.7 Å². The summed E-state index contributed by atoms with van der Waals surface area (Å²) in [5, 5.41) is 11.2. The molecule has 1 amide bonds. The second kappa shape index (κ2) is 9.65. The normalized spacial score (nSPS) is 10.8. The molecule has 0 bridgehead atoms. The number of methoxy groups -OCH3 is 1. The predicted octanol–water partition coefficient (Wildman–Crippen LogP) is 1.39. The summed E-state index contributed by atoms with van der Waals surface area (Å²) in [6.07, 6.45) is 3.21. The van der Waals surface area contributed by atoms with Gasteiger partial charge in [-0.2, -0.15) is 5.10 Å². The number of carbonyl (C=O) groups excluding carboxylic acids is 1. The molecule has 0 unspecified atom stereocenters.